The molecule has 0 fully saturated rings. The lowest BCUT2D eigenvalue weighted by Crippen LogP contribution is -2.25. The molecule has 26 heavy (non-hydrogen) atoms. The predicted molar refractivity (Wildman–Crippen MR) is 93.3 cm³/mol. The Kier molecular flexibility index (Phi) is 5.94. The van der Waals surface area contributed by atoms with E-state index in [-0.39, 0.29) is 12.1 Å². The first-order chi connectivity index (χ1) is 12.2. The Bertz CT molecular complexity index is 761. The van der Waals surface area contributed by atoms with Crippen molar-refractivity contribution in [1.82, 2.24) is 5.16 Å². The molecule has 0 unspecified atom stereocenters. The van der Waals surface area contributed by atoms with E-state index in [1.807, 2.05) is 18.7 Å². The van der Waals surface area contributed by atoms with E-state index in [1.165, 1.54) is 6.07 Å². The summed E-state index contributed by atoms with van der Waals surface area (Å²) in [4.78, 5) is 14.3. The maximum absolute atomic E-state index is 13.1. The van der Waals surface area contributed by atoms with Crippen LogP contribution in [0.4, 0.5) is 24.5 Å². The van der Waals surface area contributed by atoms with Crippen molar-refractivity contribution in [2.75, 3.05) is 23.3 Å². The molecule has 1 amide bonds. The van der Waals surface area contributed by atoms with Crippen LogP contribution in [0.2, 0.25) is 0 Å². The molecule has 1 aromatic heterocycles. The summed E-state index contributed by atoms with van der Waals surface area (Å²) in [5, 5.41) is 6.40. The van der Waals surface area contributed by atoms with Gasteiger partial charge in [-0.15, -0.1) is 0 Å². The molecule has 1 heterocycles. The minimum Gasteiger partial charge on any atom is -0.370 e. The third kappa shape index (κ3) is 4.36. The third-order valence-corrected chi connectivity index (χ3v) is 4.22. The fourth-order valence-corrected chi connectivity index (χ4v) is 2.76. The highest BCUT2D eigenvalue weighted by atomic mass is 19.4. The molecule has 0 atom stereocenters. The van der Waals surface area contributed by atoms with Gasteiger partial charge in [0.2, 0.25) is 5.91 Å². The lowest BCUT2D eigenvalue weighted by atomic mass is 10.1. The van der Waals surface area contributed by atoms with E-state index in [1.54, 1.807) is 13.8 Å². The van der Waals surface area contributed by atoms with Gasteiger partial charge in [0.25, 0.3) is 0 Å². The Balaban J connectivity index is 2.34. The van der Waals surface area contributed by atoms with Crippen molar-refractivity contribution in [2.45, 2.75) is 40.3 Å². The number of aryl methyl sites for hydroxylation is 2. The predicted octanol–water partition coefficient (Wildman–Crippen LogP) is 4.34. The number of nitrogens with zero attached hydrogens (tertiary/aromatic N) is 2. The topological polar surface area (TPSA) is 58.4 Å². The van der Waals surface area contributed by atoms with E-state index in [0.717, 1.165) is 12.1 Å². The molecule has 142 valence electrons. The smallest absolute Gasteiger partial charge is 0.370 e. The number of amides is 1. The van der Waals surface area contributed by atoms with Gasteiger partial charge in [-0.25, -0.2) is 0 Å². The second-order valence-corrected chi connectivity index (χ2v) is 5.93. The molecule has 0 aliphatic rings. The molecule has 1 N–H and O–H groups in total. The molecule has 0 bridgehead atoms. The maximum Gasteiger partial charge on any atom is 0.416 e. The van der Waals surface area contributed by atoms with Crippen LogP contribution in [0.5, 0.6) is 0 Å². The van der Waals surface area contributed by atoms with Crippen molar-refractivity contribution in [2.24, 2.45) is 0 Å². The van der Waals surface area contributed by atoms with Gasteiger partial charge in [0.05, 0.1) is 29.1 Å². The molecule has 0 aliphatic heterocycles. The molecule has 1 aromatic carbocycles. The fourth-order valence-electron chi connectivity index (χ4n) is 2.76. The number of aromatic nitrogens is 1. The van der Waals surface area contributed by atoms with E-state index < -0.39 is 17.6 Å². The largest absolute Gasteiger partial charge is 0.416 e. The highest BCUT2D eigenvalue weighted by Crippen LogP contribution is 2.35. The summed E-state index contributed by atoms with van der Waals surface area (Å²) in [6.45, 7) is 8.41. The number of hydrogen-bond acceptors (Lipinski definition) is 4. The van der Waals surface area contributed by atoms with Crippen LogP contribution in [0, 0.1) is 13.8 Å². The maximum atomic E-state index is 13.1. The minimum absolute atomic E-state index is 0.0187. The second kappa shape index (κ2) is 7.80. The first-order valence-corrected chi connectivity index (χ1v) is 8.35. The molecule has 0 spiro atoms. The average Bonchev–Trinajstić information content (AvgIpc) is 2.88. The van der Waals surface area contributed by atoms with E-state index in [9.17, 15) is 18.0 Å². The minimum atomic E-state index is -4.48. The van der Waals surface area contributed by atoms with Gasteiger partial charge in [-0.05, 0) is 45.9 Å². The highest BCUT2D eigenvalue weighted by molar-refractivity contribution is 5.96. The average molecular weight is 369 g/mol. The molecular formula is C18H22F3N3O2. The molecule has 0 radical (unpaired) electrons. The number of nitrogens with one attached hydrogen (secondary N) is 1. The molecule has 0 aliphatic carbocycles. The first kappa shape index (κ1) is 19.8. The summed E-state index contributed by atoms with van der Waals surface area (Å²) in [5.41, 5.74) is 1.11. The number of carbonyl (C=O) groups is 1. The Morgan fingerprint density at radius 1 is 1.23 bits per heavy atom. The first-order valence-electron chi connectivity index (χ1n) is 8.35. The molecule has 8 heteroatoms. The quantitative estimate of drug-likeness (QED) is 0.823. The molecular weight excluding hydrogens is 347 g/mol. The van der Waals surface area contributed by atoms with Crippen LogP contribution in [0.15, 0.2) is 22.7 Å². The standard InChI is InChI=1S/C18H22F3N3O2/c1-5-24(6-2)16-8-7-13(18(19,20)21)9-15(16)22-17(25)10-14-11(3)23-26-12(14)4/h7-9H,5-6,10H2,1-4H3,(H,22,25). The van der Waals surface area contributed by atoms with Gasteiger partial charge in [0.1, 0.15) is 5.76 Å². The van der Waals surface area contributed by atoms with Crippen molar-refractivity contribution in [3.63, 3.8) is 0 Å². The van der Waals surface area contributed by atoms with Crippen LogP contribution in [0.3, 0.4) is 0 Å². The lowest BCUT2D eigenvalue weighted by Gasteiger charge is -2.25. The molecule has 2 rings (SSSR count). The Morgan fingerprint density at radius 2 is 1.88 bits per heavy atom. The SMILES string of the molecule is CCN(CC)c1ccc(C(F)(F)F)cc1NC(=O)Cc1c(C)noc1C. The Morgan fingerprint density at radius 3 is 2.38 bits per heavy atom. The van der Waals surface area contributed by atoms with Crippen LogP contribution in [0.25, 0.3) is 0 Å². The van der Waals surface area contributed by atoms with Crippen LogP contribution < -0.4 is 10.2 Å². The van der Waals surface area contributed by atoms with Crippen molar-refractivity contribution >= 4 is 17.3 Å². The molecule has 0 saturated carbocycles. The Hall–Kier alpha value is -2.51. The van der Waals surface area contributed by atoms with Gasteiger partial charge in [0.15, 0.2) is 0 Å². The van der Waals surface area contributed by atoms with Crippen LogP contribution >= 0.6 is 0 Å². The summed E-state index contributed by atoms with van der Waals surface area (Å²) in [5.74, 6) is 0.0952. The summed E-state index contributed by atoms with van der Waals surface area (Å²) in [6.07, 6.45) is -4.50. The van der Waals surface area contributed by atoms with Gasteiger partial charge in [-0.2, -0.15) is 13.2 Å². The Labute approximate surface area is 150 Å². The number of benzene rings is 1. The number of halogens is 3. The van der Waals surface area contributed by atoms with Gasteiger partial charge < -0.3 is 14.7 Å². The zero-order valence-corrected chi connectivity index (χ0v) is 15.2. The van der Waals surface area contributed by atoms with Crippen molar-refractivity contribution in [1.29, 1.82) is 0 Å². The fraction of sp³-hybridized carbons (Fsp3) is 0.444. The van der Waals surface area contributed by atoms with E-state index >= 15 is 0 Å². The number of hydrogen-bond donors (Lipinski definition) is 1. The van der Waals surface area contributed by atoms with Crippen LogP contribution in [0.1, 0.15) is 36.4 Å². The molecule has 2 aromatic rings. The zero-order chi connectivity index (χ0) is 19.5. The summed E-state index contributed by atoms with van der Waals surface area (Å²) < 4.78 is 44.2. The van der Waals surface area contributed by atoms with Gasteiger partial charge >= 0.3 is 6.18 Å². The summed E-state index contributed by atoms with van der Waals surface area (Å²) >= 11 is 0. The zero-order valence-electron chi connectivity index (χ0n) is 15.2. The normalized spacial score (nSPS) is 11.5. The number of anilines is 2. The van der Waals surface area contributed by atoms with Gasteiger partial charge in [0, 0.05) is 18.7 Å². The summed E-state index contributed by atoms with van der Waals surface area (Å²) in [6, 6.07) is 3.39. The van der Waals surface area contributed by atoms with E-state index in [0.29, 0.717) is 35.8 Å². The second-order valence-electron chi connectivity index (χ2n) is 5.93. The van der Waals surface area contributed by atoms with Crippen LogP contribution in [-0.2, 0) is 17.4 Å². The van der Waals surface area contributed by atoms with Crippen LogP contribution in [-0.4, -0.2) is 24.2 Å². The third-order valence-electron chi connectivity index (χ3n) is 4.22. The van der Waals surface area contributed by atoms with E-state index in [4.69, 9.17) is 4.52 Å². The van der Waals surface area contributed by atoms with Crippen molar-refractivity contribution in [3.05, 3.63) is 40.8 Å². The van der Waals surface area contributed by atoms with Gasteiger partial charge in [-0.1, -0.05) is 5.16 Å². The van der Waals surface area contributed by atoms with Crippen molar-refractivity contribution < 1.29 is 22.5 Å². The number of carbonyl (C=O) groups excluding carboxylic acids is 1. The summed E-state index contributed by atoms with van der Waals surface area (Å²) in [7, 11) is 0. The van der Waals surface area contributed by atoms with E-state index in [2.05, 4.69) is 10.5 Å². The van der Waals surface area contributed by atoms with Crippen molar-refractivity contribution in [3.8, 4) is 0 Å². The monoisotopic (exact) mass is 369 g/mol. The van der Waals surface area contributed by atoms with Gasteiger partial charge in [-0.3, -0.25) is 4.79 Å². The molecule has 0 saturated heterocycles. The number of rotatable bonds is 6. The molecule has 5 nitrogen and oxygen atoms in total. The lowest BCUT2D eigenvalue weighted by molar-refractivity contribution is -0.137. The number of alkyl halides is 3. The highest BCUT2D eigenvalue weighted by Gasteiger charge is 2.31.